The predicted molar refractivity (Wildman–Crippen MR) is 78.3 cm³/mol. The van der Waals surface area contributed by atoms with E-state index in [1.165, 1.54) is 12.1 Å². The number of nitro benzene ring substituents is 1. The predicted octanol–water partition coefficient (Wildman–Crippen LogP) is 4.01. The number of ether oxygens (including phenoxy) is 1. The summed E-state index contributed by atoms with van der Waals surface area (Å²) in [7, 11) is 0. The highest BCUT2D eigenvalue weighted by Gasteiger charge is 2.13. The van der Waals surface area contributed by atoms with E-state index in [1.54, 1.807) is 24.3 Å². The molecule has 0 aliphatic rings. The number of aryl methyl sites for hydroxylation is 1. The largest absolute Gasteiger partial charge is 0.489 e. The lowest BCUT2D eigenvalue weighted by atomic mass is 10.1. The molecule has 0 saturated heterocycles. The summed E-state index contributed by atoms with van der Waals surface area (Å²) in [6, 6.07) is 11.7. The summed E-state index contributed by atoms with van der Waals surface area (Å²) in [6.07, 6.45) is 0. The molecule has 0 fully saturated rings. The normalized spacial score (nSPS) is 9.95. The number of hydrogen-bond acceptors (Lipinski definition) is 4. The maximum Gasteiger partial charge on any atom is 0.288 e. The number of rotatable bonds is 4. The average Bonchev–Trinajstić information content (AvgIpc) is 2.47. The molecule has 0 aromatic heterocycles. The van der Waals surface area contributed by atoms with Crippen molar-refractivity contribution in [3.8, 4) is 11.8 Å². The quantitative estimate of drug-likeness (QED) is 0.631. The van der Waals surface area contributed by atoms with Gasteiger partial charge in [-0.25, -0.2) is 0 Å². The molecular formula is C15H11ClN2O3. The van der Waals surface area contributed by atoms with Gasteiger partial charge >= 0.3 is 0 Å². The van der Waals surface area contributed by atoms with Crippen LogP contribution < -0.4 is 4.74 Å². The molecule has 0 aliphatic heterocycles. The Morgan fingerprint density at radius 2 is 2.10 bits per heavy atom. The number of nitro groups is 1. The molecule has 0 spiro atoms. The SMILES string of the molecule is Cc1ccc(C#N)cc1OCc1ccc(Cl)c([N+](=O)[O-])c1. The summed E-state index contributed by atoms with van der Waals surface area (Å²) in [4.78, 5) is 10.3. The first-order valence-corrected chi connectivity index (χ1v) is 6.45. The minimum atomic E-state index is -0.534. The molecule has 6 heteroatoms. The summed E-state index contributed by atoms with van der Waals surface area (Å²) in [5.74, 6) is 0.576. The van der Waals surface area contributed by atoms with Gasteiger partial charge in [0.15, 0.2) is 0 Å². The molecule has 106 valence electrons. The minimum Gasteiger partial charge on any atom is -0.489 e. The Kier molecular flexibility index (Phi) is 4.41. The van der Waals surface area contributed by atoms with Crippen molar-refractivity contribution in [3.05, 3.63) is 68.2 Å². The van der Waals surface area contributed by atoms with Gasteiger partial charge in [0, 0.05) is 6.07 Å². The summed E-state index contributed by atoms with van der Waals surface area (Å²) >= 11 is 5.75. The molecule has 0 N–H and O–H groups in total. The fourth-order valence-corrected chi connectivity index (χ4v) is 1.96. The van der Waals surface area contributed by atoms with Crippen LogP contribution in [-0.4, -0.2) is 4.92 Å². The highest BCUT2D eigenvalue weighted by atomic mass is 35.5. The van der Waals surface area contributed by atoms with Crippen molar-refractivity contribution < 1.29 is 9.66 Å². The molecule has 0 radical (unpaired) electrons. The maximum atomic E-state index is 10.8. The zero-order chi connectivity index (χ0) is 15.4. The van der Waals surface area contributed by atoms with Crippen LogP contribution >= 0.6 is 11.6 Å². The smallest absolute Gasteiger partial charge is 0.288 e. The Morgan fingerprint density at radius 1 is 1.33 bits per heavy atom. The van der Waals surface area contributed by atoms with Crippen LogP contribution in [0.1, 0.15) is 16.7 Å². The van der Waals surface area contributed by atoms with Gasteiger partial charge in [0.05, 0.1) is 16.6 Å². The first-order valence-electron chi connectivity index (χ1n) is 6.07. The van der Waals surface area contributed by atoms with Crippen LogP contribution in [0, 0.1) is 28.4 Å². The van der Waals surface area contributed by atoms with Crippen molar-refractivity contribution in [2.24, 2.45) is 0 Å². The van der Waals surface area contributed by atoms with Crippen LogP contribution in [0.25, 0.3) is 0 Å². The summed E-state index contributed by atoms with van der Waals surface area (Å²) < 4.78 is 5.62. The summed E-state index contributed by atoms with van der Waals surface area (Å²) in [5.41, 5.74) is 1.86. The zero-order valence-electron chi connectivity index (χ0n) is 11.2. The van der Waals surface area contributed by atoms with Gasteiger partial charge in [-0.1, -0.05) is 23.7 Å². The second-order valence-corrected chi connectivity index (χ2v) is 4.83. The van der Waals surface area contributed by atoms with E-state index in [2.05, 4.69) is 0 Å². The van der Waals surface area contributed by atoms with E-state index in [4.69, 9.17) is 21.6 Å². The highest BCUT2D eigenvalue weighted by molar-refractivity contribution is 6.32. The van der Waals surface area contributed by atoms with E-state index < -0.39 is 4.92 Å². The fourth-order valence-electron chi connectivity index (χ4n) is 1.77. The third-order valence-electron chi connectivity index (χ3n) is 2.92. The number of nitriles is 1. The Morgan fingerprint density at radius 3 is 2.76 bits per heavy atom. The van der Waals surface area contributed by atoms with Gasteiger partial charge in [-0.05, 0) is 36.2 Å². The molecule has 0 unspecified atom stereocenters. The zero-order valence-corrected chi connectivity index (χ0v) is 11.9. The lowest BCUT2D eigenvalue weighted by Crippen LogP contribution is -1.99. The average molecular weight is 303 g/mol. The Hall–Kier alpha value is -2.58. The highest BCUT2D eigenvalue weighted by Crippen LogP contribution is 2.26. The first-order chi connectivity index (χ1) is 10.0. The van der Waals surface area contributed by atoms with Crippen molar-refractivity contribution >= 4 is 17.3 Å². The van der Waals surface area contributed by atoms with E-state index in [9.17, 15) is 10.1 Å². The van der Waals surface area contributed by atoms with Crippen LogP contribution in [0.3, 0.4) is 0 Å². The van der Waals surface area contributed by atoms with Gasteiger partial charge in [-0.15, -0.1) is 0 Å². The molecule has 0 atom stereocenters. The maximum absolute atomic E-state index is 10.8. The molecule has 2 aromatic rings. The van der Waals surface area contributed by atoms with E-state index >= 15 is 0 Å². The van der Waals surface area contributed by atoms with Crippen molar-refractivity contribution in [2.45, 2.75) is 13.5 Å². The second-order valence-electron chi connectivity index (χ2n) is 4.42. The topological polar surface area (TPSA) is 76.2 Å². The molecule has 0 heterocycles. The Bertz CT molecular complexity index is 738. The van der Waals surface area contributed by atoms with E-state index in [1.807, 2.05) is 13.0 Å². The standard InChI is InChI=1S/C15H11ClN2O3/c1-10-2-3-11(8-17)7-15(10)21-9-12-4-5-13(16)14(6-12)18(19)20/h2-7H,9H2,1H3. The number of halogens is 1. The van der Waals surface area contributed by atoms with Crippen LogP contribution in [0.15, 0.2) is 36.4 Å². The molecule has 21 heavy (non-hydrogen) atoms. The molecule has 0 bridgehead atoms. The van der Waals surface area contributed by atoms with Gasteiger partial charge in [0.25, 0.3) is 5.69 Å². The monoisotopic (exact) mass is 302 g/mol. The van der Waals surface area contributed by atoms with Crippen molar-refractivity contribution in [3.63, 3.8) is 0 Å². The summed E-state index contributed by atoms with van der Waals surface area (Å²) in [6.45, 7) is 2.02. The molecular weight excluding hydrogens is 292 g/mol. The number of nitrogens with zero attached hydrogens (tertiary/aromatic N) is 2. The van der Waals surface area contributed by atoms with Gasteiger partial charge in [0.1, 0.15) is 17.4 Å². The van der Waals surface area contributed by atoms with Crippen molar-refractivity contribution in [2.75, 3.05) is 0 Å². The Labute approximate surface area is 126 Å². The molecule has 0 saturated carbocycles. The van der Waals surface area contributed by atoms with Crippen LogP contribution in [-0.2, 0) is 6.61 Å². The third kappa shape index (κ3) is 3.50. The minimum absolute atomic E-state index is 0.0893. The first kappa shape index (κ1) is 14.8. The van der Waals surface area contributed by atoms with Crippen LogP contribution in [0.5, 0.6) is 5.75 Å². The van der Waals surface area contributed by atoms with E-state index in [0.717, 1.165) is 5.56 Å². The lowest BCUT2D eigenvalue weighted by Gasteiger charge is -2.09. The molecule has 0 amide bonds. The van der Waals surface area contributed by atoms with E-state index in [-0.39, 0.29) is 17.3 Å². The number of benzene rings is 2. The van der Waals surface area contributed by atoms with Gasteiger partial charge in [-0.3, -0.25) is 10.1 Å². The second kappa shape index (κ2) is 6.25. The van der Waals surface area contributed by atoms with Gasteiger partial charge in [0.2, 0.25) is 0 Å². The van der Waals surface area contributed by atoms with Crippen molar-refractivity contribution in [1.29, 1.82) is 5.26 Å². The fraction of sp³-hybridized carbons (Fsp3) is 0.133. The van der Waals surface area contributed by atoms with Crippen LogP contribution in [0.4, 0.5) is 5.69 Å². The molecule has 2 aromatic carbocycles. The summed E-state index contributed by atoms with van der Waals surface area (Å²) in [5, 5.41) is 19.8. The van der Waals surface area contributed by atoms with Crippen LogP contribution in [0.2, 0.25) is 5.02 Å². The Balaban J connectivity index is 2.19. The molecule has 5 nitrogen and oxygen atoms in total. The lowest BCUT2D eigenvalue weighted by molar-refractivity contribution is -0.384. The van der Waals surface area contributed by atoms with Gasteiger partial charge < -0.3 is 4.74 Å². The van der Waals surface area contributed by atoms with Crippen molar-refractivity contribution in [1.82, 2.24) is 0 Å². The number of hydrogen-bond donors (Lipinski definition) is 0. The van der Waals surface area contributed by atoms with E-state index in [0.29, 0.717) is 16.9 Å². The third-order valence-corrected chi connectivity index (χ3v) is 3.24. The molecule has 0 aliphatic carbocycles. The van der Waals surface area contributed by atoms with Gasteiger partial charge in [-0.2, -0.15) is 5.26 Å². The molecule has 2 rings (SSSR count).